The summed E-state index contributed by atoms with van der Waals surface area (Å²) in [5.41, 5.74) is -0.552. The summed E-state index contributed by atoms with van der Waals surface area (Å²) in [6.07, 6.45) is 1.09. The van der Waals surface area contributed by atoms with Gasteiger partial charge in [-0.05, 0) is 0 Å². The largest absolute Gasteiger partial charge is 0.480 e. The highest BCUT2D eigenvalue weighted by atomic mass is 16.7. The van der Waals surface area contributed by atoms with Gasteiger partial charge in [0.25, 0.3) is 5.91 Å². The molecule has 0 saturated heterocycles. The number of carboxylic acids is 1. The molecule has 20 heavy (non-hydrogen) atoms. The summed E-state index contributed by atoms with van der Waals surface area (Å²) in [6, 6.07) is 0.995. The number of carbonyl (C=O) groups excluding carboxylic acids is 1. The molecule has 1 aromatic rings. The zero-order valence-electron chi connectivity index (χ0n) is 10.7. The number of hydrogen-bond acceptors (Lipinski definition) is 7. The van der Waals surface area contributed by atoms with Crippen LogP contribution in [0.25, 0.3) is 0 Å². The van der Waals surface area contributed by atoms with Crippen molar-refractivity contribution in [3.63, 3.8) is 0 Å². The van der Waals surface area contributed by atoms with Crippen LogP contribution in [0.2, 0.25) is 0 Å². The van der Waals surface area contributed by atoms with E-state index < -0.39 is 29.0 Å². The summed E-state index contributed by atoms with van der Waals surface area (Å²) < 4.78 is 0. The number of anilines is 1. The molecule has 2 N–H and O–H groups in total. The zero-order valence-corrected chi connectivity index (χ0v) is 10.7. The highest BCUT2D eigenvalue weighted by molar-refractivity contribution is 5.94. The summed E-state index contributed by atoms with van der Waals surface area (Å²) >= 11 is 0. The predicted molar refractivity (Wildman–Crippen MR) is 66.1 cm³/mol. The molecule has 0 bridgehead atoms. The molecular formula is C10H12N4O6. The molecule has 10 nitrogen and oxygen atoms in total. The van der Waals surface area contributed by atoms with E-state index in [1.807, 2.05) is 0 Å². The van der Waals surface area contributed by atoms with Crippen LogP contribution in [0.1, 0.15) is 10.4 Å². The molecule has 0 aliphatic heterocycles. The van der Waals surface area contributed by atoms with E-state index in [-0.39, 0.29) is 11.4 Å². The Hall–Kier alpha value is -2.75. The van der Waals surface area contributed by atoms with Crippen molar-refractivity contribution in [2.75, 3.05) is 26.0 Å². The minimum Gasteiger partial charge on any atom is -0.480 e. The molecule has 10 heteroatoms. The molecule has 0 aliphatic carbocycles. The van der Waals surface area contributed by atoms with Gasteiger partial charge >= 0.3 is 11.7 Å². The lowest BCUT2D eigenvalue weighted by Gasteiger charge is -2.13. The van der Waals surface area contributed by atoms with Crippen molar-refractivity contribution in [3.05, 3.63) is 27.9 Å². The summed E-state index contributed by atoms with van der Waals surface area (Å²) in [4.78, 5) is 40.7. The average Bonchev–Trinajstić information content (AvgIpc) is 2.42. The Balaban J connectivity index is 3.10. The molecule has 1 heterocycles. The van der Waals surface area contributed by atoms with Gasteiger partial charge in [-0.2, -0.15) is 0 Å². The molecule has 0 fully saturated rings. The van der Waals surface area contributed by atoms with Crippen LogP contribution in [0, 0.1) is 10.1 Å². The maximum Gasteiger partial charge on any atom is 0.322 e. The third-order valence-electron chi connectivity index (χ3n) is 2.28. The molecule has 1 amide bonds. The lowest BCUT2D eigenvalue weighted by molar-refractivity contribution is -0.384. The molecule has 108 valence electrons. The molecule has 1 aromatic heterocycles. The predicted octanol–water partition coefficient (Wildman–Crippen LogP) is 0.120. The molecule has 1 rings (SSSR count). The van der Waals surface area contributed by atoms with E-state index >= 15 is 0 Å². The second-order valence-corrected chi connectivity index (χ2v) is 3.58. The number of aromatic nitrogens is 1. The van der Waals surface area contributed by atoms with Gasteiger partial charge in [0, 0.05) is 19.3 Å². The van der Waals surface area contributed by atoms with Crippen LogP contribution in [0.3, 0.4) is 0 Å². The number of carboxylic acid groups (broad SMARTS) is 1. The average molecular weight is 284 g/mol. The van der Waals surface area contributed by atoms with E-state index in [4.69, 9.17) is 5.11 Å². The molecule has 0 aromatic carbocycles. The number of nitrogens with one attached hydrogen (secondary N) is 1. The topological polar surface area (TPSA) is 135 Å². The minimum absolute atomic E-state index is 0.0538. The molecular weight excluding hydrogens is 272 g/mol. The van der Waals surface area contributed by atoms with Crippen molar-refractivity contribution in [1.82, 2.24) is 10.0 Å². The first kappa shape index (κ1) is 15.3. The Labute approximate surface area is 113 Å². The van der Waals surface area contributed by atoms with E-state index in [9.17, 15) is 19.7 Å². The number of rotatable bonds is 6. The Morgan fingerprint density at radius 2 is 2.25 bits per heavy atom. The van der Waals surface area contributed by atoms with Gasteiger partial charge in [0.2, 0.25) is 5.82 Å². The number of nitro groups is 1. The molecule has 0 aliphatic rings. The molecule has 0 atom stereocenters. The highest BCUT2D eigenvalue weighted by Gasteiger charge is 2.21. The number of amides is 1. The quantitative estimate of drug-likeness (QED) is 0.555. The smallest absolute Gasteiger partial charge is 0.322 e. The minimum atomic E-state index is -1.19. The monoisotopic (exact) mass is 284 g/mol. The number of pyridine rings is 1. The summed E-state index contributed by atoms with van der Waals surface area (Å²) in [5, 5.41) is 22.6. The van der Waals surface area contributed by atoms with Gasteiger partial charge in [-0.3, -0.25) is 24.5 Å². The maximum absolute atomic E-state index is 11.8. The van der Waals surface area contributed by atoms with Crippen LogP contribution in [-0.4, -0.2) is 52.7 Å². The van der Waals surface area contributed by atoms with Crippen LogP contribution in [-0.2, 0) is 9.63 Å². The SMILES string of the molecule is CON(C)C(=O)c1cnc(NCC(=O)O)c([N+](=O)[O-])c1. The third-order valence-corrected chi connectivity index (χ3v) is 2.28. The first-order valence-corrected chi connectivity index (χ1v) is 5.29. The van der Waals surface area contributed by atoms with Gasteiger partial charge in [-0.1, -0.05) is 0 Å². The van der Waals surface area contributed by atoms with Crippen molar-refractivity contribution in [3.8, 4) is 0 Å². The van der Waals surface area contributed by atoms with Gasteiger partial charge in [-0.15, -0.1) is 0 Å². The van der Waals surface area contributed by atoms with Crippen LogP contribution in [0.4, 0.5) is 11.5 Å². The first-order valence-electron chi connectivity index (χ1n) is 5.29. The number of aliphatic carboxylic acids is 1. The summed E-state index contributed by atoms with van der Waals surface area (Å²) in [7, 11) is 2.60. The summed E-state index contributed by atoms with van der Waals surface area (Å²) in [5.74, 6) is -2.04. The number of carbonyl (C=O) groups is 2. The number of hydroxylamine groups is 2. The van der Waals surface area contributed by atoms with Crippen molar-refractivity contribution < 1.29 is 24.5 Å². The fraction of sp³-hybridized carbons (Fsp3) is 0.300. The Morgan fingerprint density at radius 3 is 2.75 bits per heavy atom. The fourth-order valence-electron chi connectivity index (χ4n) is 1.27. The summed E-state index contributed by atoms with van der Waals surface area (Å²) in [6.45, 7) is -0.529. The molecule has 0 saturated carbocycles. The van der Waals surface area contributed by atoms with Gasteiger partial charge in [0.15, 0.2) is 0 Å². The van der Waals surface area contributed by atoms with Crippen molar-refractivity contribution in [1.29, 1.82) is 0 Å². The lowest BCUT2D eigenvalue weighted by atomic mass is 10.2. The van der Waals surface area contributed by atoms with Crippen molar-refractivity contribution in [2.24, 2.45) is 0 Å². The number of nitrogens with zero attached hydrogens (tertiary/aromatic N) is 3. The maximum atomic E-state index is 11.8. The fourth-order valence-corrected chi connectivity index (χ4v) is 1.27. The molecule has 0 unspecified atom stereocenters. The molecule has 0 radical (unpaired) electrons. The normalized spacial score (nSPS) is 9.90. The van der Waals surface area contributed by atoms with Gasteiger partial charge in [0.05, 0.1) is 17.6 Å². The van der Waals surface area contributed by atoms with E-state index in [1.165, 1.54) is 14.2 Å². The zero-order chi connectivity index (χ0) is 15.3. The number of hydrogen-bond donors (Lipinski definition) is 2. The second kappa shape index (κ2) is 6.43. The van der Waals surface area contributed by atoms with Crippen LogP contribution in [0.15, 0.2) is 12.3 Å². The third kappa shape index (κ3) is 3.62. The highest BCUT2D eigenvalue weighted by Crippen LogP contribution is 2.23. The van der Waals surface area contributed by atoms with Crippen LogP contribution < -0.4 is 5.32 Å². The van der Waals surface area contributed by atoms with E-state index in [0.29, 0.717) is 0 Å². The van der Waals surface area contributed by atoms with Crippen LogP contribution >= 0.6 is 0 Å². The Morgan fingerprint density at radius 1 is 1.60 bits per heavy atom. The van der Waals surface area contributed by atoms with Crippen molar-refractivity contribution in [2.45, 2.75) is 0 Å². The van der Waals surface area contributed by atoms with Gasteiger partial charge in [0.1, 0.15) is 6.54 Å². The first-order chi connectivity index (χ1) is 9.36. The van der Waals surface area contributed by atoms with E-state index in [2.05, 4.69) is 15.1 Å². The van der Waals surface area contributed by atoms with E-state index in [1.54, 1.807) is 0 Å². The van der Waals surface area contributed by atoms with Gasteiger partial charge < -0.3 is 10.4 Å². The molecule has 0 spiro atoms. The van der Waals surface area contributed by atoms with E-state index in [0.717, 1.165) is 17.3 Å². The second-order valence-electron chi connectivity index (χ2n) is 3.58. The van der Waals surface area contributed by atoms with Gasteiger partial charge in [-0.25, -0.2) is 10.0 Å². The Bertz CT molecular complexity index is 547. The standard InChI is InChI=1S/C10H12N4O6/c1-13(20-2)10(17)6-3-7(14(18)19)9(11-4-6)12-5-8(15)16/h3-4H,5H2,1-2H3,(H,11,12)(H,15,16). The van der Waals surface area contributed by atoms with Crippen LogP contribution in [0.5, 0.6) is 0 Å². The Kier molecular flexibility index (Phi) is 4.92. The van der Waals surface area contributed by atoms with Crippen molar-refractivity contribution >= 4 is 23.4 Å². The lowest BCUT2D eigenvalue weighted by Crippen LogP contribution is -2.25.